The number of hydrogen-bond donors (Lipinski definition) is 0. The van der Waals surface area contributed by atoms with E-state index in [0.29, 0.717) is 13.0 Å². The van der Waals surface area contributed by atoms with Gasteiger partial charge in [-0.3, -0.25) is 4.79 Å². The van der Waals surface area contributed by atoms with Crippen LogP contribution in [0.4, 0.5) is 0 Å². The minimum atomic E-state index is -0.360. The molecule has 1 aromatic carbocycles. The van der Waals surface area contributed by atoms with Crippen LogP contribution < -0.4 is 4.74 Å². The highest BCUT2D eigenvalue weighted by Crippen LogP contribution is 2.26. The summed E-state index contributed by atoms with van der Waals surface area (Å²) in [7, 11) is 1.62. The van der Waals surface area contributed by atoms with Crippen molar-refractivity contribution in [1.82, 2.24) is 0 Å². The van der Waals surface area contributed by atoms with E-state index in [9.17, 15) is 4.79 Å². The molecule has 1 unspecified atom stereocenters. The van der Waals surface area contributed by atoms with Crippen molar-refractivity contribution < 1.29 is 14.3 Å². The maximum Gasteiger partial charge on any atom is 0.168 e. The number of Topliss-reactive ketones (excluding diaryl/α,β-unsaturated/α-hetero) is 1. The van der Waals surface area contributed by atoms with E-state index in [2.05, 4.69) is 0 Å². The molecule has 3 nitrogen and oxygen atoms in total. The van der Waals surface area contributed by atoms with Crippen molar-refractivity contribution in [1.29, 1.82) is 0 Å². The van der Waals surface area contributed by atoms with Crippen LogP contribution in [0, 0.1) is 0 Å². The number of ketones is 1. The molecule has 14 heavy (non-hydrogen) atoms. The van der Waals surface area contributed by atoms with Crippen molar-refractivity contribution >= 4 is 5.78 Å². The molecule has 0 radical (unpaired) electrons. The smallest absolute Gasteiger partial charge is 0.168 e. The third-order valence-corrected chi connectivity index (χ3v) is 2.34. The second kappa shape index (κ2) is 3.80. The van der Waals surface area contributed by atoms with Gasteiger partial charge in [-0.1, -0.05) is 12.1 Å². The maximum absolute atomic E-state index is 11.4. The molecule has 1 aliphatic heterocycles. The van der Waals surface area contributed by atoms with E-state index in [1.807, 2.05) is 24.3 Å². The zero-order chi connectivity index (χ0) is 9.97. The molecule has 1 atom stereocenters. The summed E-state index contributed by atoms with van der Waals surface area (Å²) in [5.74, 6) is 0.953. The van der Waals surface area contributed by atoms with E-state index in [-0.39, 0.29) is 11.9 Å². The predicted octanol–water partition coefficient (Wildman–Crippen LogP) is 1.73. The van der Waals surface area contributed by atoms with Crippen molar-refractivity contribution in [3.05, 3.63) is 29.8 Å². The van der Waals surface area contributed by atoms with E-state index < -0.39 is 0 Å². The van der Waals surface area contributed by atoms with Crippen molar-refractivity contribution in [3.8, 4) is 5.75 Å². The SMILES string of the molecule is COc1ccc(C2OCCC2=O)cc1. The van der Waals surface area contributed by atoms with Crippen LogP contribution in [0.3, 0.4) is 0 Å². The Morgan fingerprint density at radius 1 is 1.36 bits per heavy atom. The molecule has 0 amide bonds. The summed E-state index contributed by atoms with van der Waals surface area (Å²) < 4.78 is 10.4. The van der Waals surface area contributed by atoms with Crippen molar-refractivity contribution in [2.75, 3.05) is 13.7 Å². The second-order valence-electron chi connectivity index (χ2n) is 3.24. The van der Waals surface area contributed by atoms with E-state index in [1.54, 1.807) is 7.11 Å². The van der Waals surface area contributed by atoms with Gasteiger partial charge in [-0.05, 0) is 17.7 Å². The fraction of sp³-hybridized carbons (Fsp3) is 0.364. The van der Waals surface area contributed by atoms with E-state index in [0.717, 1.165) is 11.3 Å². The van der Waals surface area contributed by atoms with E-state index >= 15 is 0 Å². The number of carbonyl (C=O) groups is 1. The predicted molar refractivity (Wildman–Crippen MR) is 51.3 cm³/mol. The third kappa shape index (κ3) is 1.63. The fourth-order valence-corrected chi connectivity index (χ4v) is 1.56. The average Bonchev–Trinajstić information content (AvgIpc) is 2.65. The van der Waals surface area contributed by atoms with Gasteiger partial charge in [-0.25, -0.2) is 0 Å². The van der Waals surface area contributed by atoms with Gasteiger partial charge in [0, 0.05) is 6.42 Å². The Bertz CT molecular complexity index is 329. The summed E-state index contributed by atoms with van der Waals surface area (Å²) in [5, 5.41) is 0. The van der Waals surface area contributed by atoms with Crippen LogP contribution in [0.15, 0.2) is 24.3 Å². The molecule has 1 aromatic rings. The summed E-state index contributed by atoms with van der Waals surface area (Å²) in [6, 6.07) is 7.41. The zero-order valence-electron chi connectivity index (χ0n) is 8.03. The Morgan fingerprint density at radius 3 is 2.57 bits per heavy atom. The van der Waals surface area contributed by atoms with Gasteiger partial charge in [0.25, 0.3) is 0 Å². The number of rotatable bonds is 2. The number of methoxy groups -OCH3 is 1. The van der Waals surface area contributed by atoms with Crippen LogP contribution in [-0.4, -0.2) is 19.5 Å². The largest absolute Gasteiger partial charge is 0.497 e. The highest BCUT2D eigenvalue weighted by Gasteiger charge is 2.26. The lowest BCUT2D eigenvalue weighted by molar-refractivity contribution is -0.122. The van der Waals surface area contributed by atoms with Gasteiger partial charge in [-0.15, -0.1) is 0 Å². The van der Waals surface area contributed by atoms with E-state index in [1.165, 1.54) is 0 Å². The number of carbonyl (C=O) groups excluding carboxylic acids is 1. The summed E-state index contributed by atoms with van der Waals surface area (Å²) in [6.45, 7) is 0.537. The monoisotopic (exact) mass is 192 g/mol. The highest BCUT2D eigenvalue weighted by molar-refractivity contribution is 5.85. The Hall–Kier alpha value is -1.35. The lowest BCUT2D eigenvalue weighted by Gasteiger charge is -2.08. The first-order chi connectivity index (χ1) is 6.81. The van der Waals surface area contributed by atoms with Crippen LogP contribution in [0.2, 0.25) is 0 Å². The highest BCUT2D eigenvalue weighted by atomic mass is 16.5. The van der Waals surface area contributed by atoms with Crippen LogP contribution in [0.25, 0.3) is 0 Å². The van der Waals surface area contributed by atoms with Crippen molar-refractivity contribution in [2.24, 2.45) is 0 Å². The van der Waals surface area contributed by atoms with Crippen LogP contribution in [0.1, 0.15) is 18.1 Å². The molecule has 2 rings (SSSR count). The minimum Gasteiger partial charge on any atom is -0.497 e. The van der Waals surface area contributed by atoms with Gasteiger partial charge in [0.2, 0.25) is 0 Å². The first-order valence-electron chi connectivity index (χ1n) is 4.59. The molecule has 0 spiro atoms. The molecule has 0 saturated carbocycles. The van der Waals surface area contributed by atoms with Crippen molar-refractivity contribution in [2.45, 2.75) is 12.5 Å². The zero-order valence-corrected chi connectivity index (χ0v) is 8.03. The minimum absolute atomic E-state index is 0.162. The standard InChI is InChI=1S/C11H12O3/c1-13-9-4-2-8(3-5-9)11-10(12)6-7-14-11/h2-5,11H,6-7H2,1H3. The number of ether oxygens (including phenoxy) is 2. The van der Waals surface area contributed by atoms with Gasteiger partial charge < -0.3 is 9.47 Å². The lowest BCUT2D eigenvalue weighted by atomic mass is 10.1. The summed E-state index contributed by atoms with van der Waals surface area (Å²) >= 11 is 0. The molecule has 0 bridgehead atoms. The molecular formula is C11H12O3. The molecule has 1 fully saturated rings. The summed E-state index contributed by atoms with van der Waals surface area (Å²) in [5.41, 5.74) is 0.910. The Labute approximate surface area is 82.6 Å². The molecule has 1 heterocycles. The van der Waals surface area contributed by atoms with Crippen molar-refractivity contribution in [3.63, 3.8) is 0 Å². The van der Waals surface area contributed by atoms with Gasteiger partial charge in [0.05, 0.1) is 13.7 Å². The molecule has 0 aliphatic carbocycles. The quantitative estimate of drug-likeness (QED) is 0.715. The Kier molecular flexibility index (Phi) is 2.50. The molecule has 74 valence electrons. The van der Waals surface area contributed by atoms with Crippen LogP contribution >= 0.6 is 0 Å². The van der Waals surface area contributed by atoms with Gasteiger partial charge >= 0.3 is 0 Å². The summed E-state index contributed by atoms with van der Waals surface area (Å²) in [4.78, 5) is 11.4. The average molecular weight is 192 g/mol. The Morgan fingerprint density at radius 2 is 2.07 bits per heavy atom. The molecule has 0 aromatic heterocycles. The van der Waals surface area contributed by atoms with E-state index in [4.69, 9.17) is 9.47 Å². The third-order valence-electron chi connectivity index (χ3n) is 2.34. The first kappa shape index (κ1) is 9.21. The molecule has 0 N–H and O–H groups in total. The normalized spacial score (nSPS) is 21.2. The summed E-state index contributed by atoms with van der Waals surface area (Å²) in [6.07, 6.45) is 0.164. The number of benzene rings is 1. The molecular weight excluding hydrogens is 180 g/mol. The maximum atomic E-state index is 11.4. The van der Waals surface area contributed by atoms with Gasteiger partial charge in [-0.2, -0.15) is 0 Å². The number of hydrogen-bond acceptors (Lipinski definition) is 3. The van der Waals surface area contributed by atoms with Crippen LogP contribution in [0.5, 0.6) is 5.75 Å². The molecule has 3 heteroatoms. The molecule has 1 saturated heterocycles. The second-order valence-corrected chi connectivity index (χ2v) is 3.24. The van der Waals surface area contributed by atoms with Gasteiger partial charge in [0.1, 0.15) is 11.9 Å². The first-order valence-corrected chi connectivity index (χ1v) is 4.59. The molecule has 1 aliphatic rings. The van der Waals surface area contributed by atoms with Crippen LogP contribution in [-0.2, 0) is 9.53 Å². The lowest BCUT2D eigenvalue weighted by Crippen LogP contribution is -2.05. The van der Waals surface area contributed by atoms with Gasteiger partial charge in [0.15, 0.2) is 5.78 Å². The Balaban J connectivity index is 2.20. The topological polar surface area (TPSA) is 35.5 Å². The fourth-order valence-electron chi connectivity index (χ4n) is 1.56.